The molecule has 0 spiro atoms. The van der Waals surface area contributed by atoms with Crippen LogP contribution in [0, 0.1) is 0 Å². The highest BCUT2D eigenvalue weighted by atomic mass is 16.6. The van der Waals surface area contributed by atoms with Crippen LogP contribution in [-0.2, 0) is 35.0 Å². The van der Waals surface area contributed by atoms with Gasteiger partial charge in [-0.05, 0) is 65.2 Å². The first-order valence-electron chi connectivity index (χ1n) is 12.2. The molecule has 37 heavy (non-hydrogen) atoms. The minimum atomic E-state index is -2.00. The lowest BCUT2D eigenvalue weighted by Gasteiger charge is -2.29. The Hall–Kier alpha value is -3.21. The van der Waals surface area contributed by atoms with E-state index < -0.39 is 29.2 Å². The van der Waals surface area contributed by atoms with Crippen LogP contribution in [0.4, 0.5) is 4.79 Å². The number of esters is 2. The molecule has 0 aliphatic heterocycles. The molecule has 0 aliphatic rings. The van der Waals surface area contributed by atoms with Gasteiger partial charge in [0.05, 0.1) is 41.2 Å². The first-order valence-corrected chi connectivity index (χ1v) is 12.2. The number of hydrogen-bond acceptors (Lipinski definition) is 10. The van der Waals surface area contributed by atoms with Gasteiger partial charge in [0, 0.05) is 13.0 Å². The van der Waals surface area contributed by atoms with Gasteiger partial charge in [-0.15, -0.1) is 0 Å². The molecule has 0 bridgehead atoms. The van der Waals surface area contributed by atoms with Crippen LogP contribution in [0.5, 0.6) is 17.2 Å². The lowest BCUT2D eigenvalue weighted by molar-refractivity contribution is -0.192. The Kier molecular flexibility index (Phi) is 13.0. The summed E-state index contributed by atoms with van der Waals surface area (Å²) in [6.45, 7) is 8.74. The van der Waals surface area contributed by atoms with Crippen molar-refractivity contribution >= 4 is 18.0 Å². The summed E-state index contributed by atoms with van der Waals surface area (Å²) in [4.78, 5) is 38.0. The van der Waals surface area contributed by atoms with Crippen LogP contribution in [0.3, 0.4) is 0 Å². The summed E-state index contributed by atoms with van der Waals surface area (Å²) < 4.78 is 37.7. The largest absolute Gasteiger partial charge is 0.493 e. The van der Waals surface area contributed by atoms with Gasteiger partial charge < -0.3 is 38.5 Å². The second kappa shape index (κ2) is 15.1. The van der Waals surface area contributed by atoms with Crippen LogP contribution < -0.4 is 19.5 Å². The van der Waals surface area contributed by atoms with E-state index in [4.69, 9.17) is 33.2 Å². The summed E-state index contributed by atoms with van der Waals surface area (Å²) in [5.41, 5.74) is -1.88. The number of methoxy groups -OCH3 is 3. The third-order valence-electron chi connectivity index (χ3n) is 5.05. The second-order valence-electron chi connectivity index (χ2n) is 8.93. The molecule has 11 nitrogen and oxygen atoms in total. The number of hydrogen-bond donors (Lipinski definition) is 1. The van der Waals surface area contributed by atoms with Crippen molar-refractivity contribution in [2.24, 2.45) is 0 Å². The number of rotatable bonds is 15. The lowest BCUT2D eigenvalue weighted by Crippen LogP contribution is -2.52. The molecule has 1 N–H and O–H groups in total. The fourth-order valence-electron chi connectivity index (χ4n) is 3.44. The minimum Gasteiger partial charge on any atom is -0.493 e. The fourth-order valence-corrected chi connectivity index (χ4v) is 3.44. The summed E-state index contributed by atoms with van der Waals surface area (Å²) in [5.74, 6) is -0.329. The molecular formula is C26H41NO10. The molecule has 0 heterocycles. The first-order chi connectivity index (χ1) is 17.5. The maximum atomic E-state index is 13.0. The highest BCUT2D eigenvalue weighted by Gasteiger charge is 2.50. The van der Waals surface area contributed by atoms with Crippen LogP contribution >= 0.6 is 0 Å². The van der Waals surface area contributed by atoms with Crippen molar-refractivity contribution in [3.63, 3.8) is 0 Å². The number of alkyl carbamates (subject to hydrolysis) is 1. The lowest BCUT2D eigenvalue weighted by atomic mass is 9.97. The van der Waals surface area contributed by atoms with Gasteiger partial charge >= 0.3 is 18.0 Å². The predicted molar refractivity (Wildman–Crippen MR) is 135 cm³/mol. The van der Waals surface area contributed by atoms with Crippen molar-refractivity contribution < 1.29 is 47.5 Å². The summed E-state index contributed by atoms with van der Waals surface area (Å²) >= 11 is 0. The van der Waals surface area contributed by atoms with Gasteiger partial charge in [0.25, 0.3) is 5.60 Å². The molecule has 0 aromatic heterocycles. The Bertz CT molecular complexity index is 851. The van der Waals surface area contributed by atoms with E-state index >= 15 is 0 Å². The van der Waals surface area contributed by atoms with Crippen molar-refractivity contribution in [3.05, 3.63) is 17.7 Å². The third-order valence-corrected chi connectivity index (χ3v) is 5.05. The molecule has 1 amide bonds. The van der Waals surface area contributed by atoms with E-state index in [0.29, 0.717) is 23.7 Å². The average molecular weight is 528 g/mol. The Morgan fingerprint density at radius 2 is 1.41 bits per heavy atom. The predicted octanol–water partition coefficient (Wildman–Crippen LogP) is 3.44. The van der Waals surface area contributed by atoms with E-state index in [2.05, 4.69) is 5.32 Å². The molecular weight excluding hydrogens is 486 g/mol. The van der Waals surface area contributed by atoms with Crippen molar-refractivity contribution in [1.29, 1.82) is 0 Å². The molecule has 0 saturated heterocycles. The normalized spacial score (nSPS) is 11.4. The van der Waals surface area contributed by atoms with E-state index in [1.165, 1.54) is 21.3 Å². The van der Waals surface area contributed by atoms with Gasteiger partial charge in [0.15, 0.2) is 11.5 Å². The molecule has 0 radical (unpaired) electrons. The first kappa shape index (κ1) is 31.8. The molecule has 1 rings (SSSR count). The highest BCUT2D eigenvalue weighted by Crippen LogP contribution is 2.38. The zero-order valence-corrected chi connectivity index (χ0v) is 23.2. The molecule has 0 saturated carbocycles. The van der Waals surface area contributed by atoms with E-state index in [0.717, 1.165) is 5.56 Å². The average Bonchev–Trinajstić information content (AvgIpc) is 2.83. The molecule has 0 aliphatic carbocycles. The summed E-state index contributed by atoms with van der Waals surface area (Å²) in [7, 11) is 4.53. The van der Waals surface area contributed by atoms with Crippen LogP contribution in [0.25, 0.3) is 0 Å². The maximum Gasteiger partial charge on any atom is 0.407 e. The smallest absolute Gasteiger partial charge is 0.407 e. The fraction of sp³-hybridized carbons (Fsp3) is 0.654. The van der Waals surface area contributed by atoms with Crippen LogP contribution in [0.2, 0.25) is 0 Å². The van der Waals surface area contributed by atoms with E-state index in [1.54, 1.807) is 46.8 Å². The van der Waals surface area contributed by atoms with Crippen molar-refractivity contribution in [1.82, 2.24) is 5.32 Å². The molecule has 1 aromatic rings. The third kappa shape index (κ3) is 9.64. The van der Waals surface area contributed by atoms with Gasteiger partial charge in [-0.3, -0.25) is 0 Å². The zero-order valence-electron chi connectivity index (χ0n) is 23.2. The number of benzene rings is 1. The van der Waals surface area contributed by atoms with Crippen LogP contribution in [0.1, 0.15) is 53.0 Å². The van der Waals surface area contributed by atoms with Crippen LogP contribution in [0.15, 0.2) is 12.1 Å². The molecule has 0 atom stereocenters. The number of nitrogens with one attached hydrogen (secondary N) is 1. The van der Waals surface area contributed by atoms with Crippen LogP contribution in [-0.4, -0.2) is 76.9 Å². The topological polar surface area (TPSA) is 128 Å². The minimum absolute atomic E-state index is 0.0181. The van der Waals surface area contributed by atoms with Crippen molar-refractivity contribution in [2.45, 2.75) is 65.1 Å². The molecule has 0 unspecified atom stereocenters. The summed E-state index contributed by atoms with van der Waals surface area (Å²) in [6, 6.07) is 3.51. The zero-order chi connectivity index (χ0) is 28.1. The summed E-state index contributed by atoms with van der Waals surface area (Å²) in [5, 5.41) is 2.61. The Morgan fingerprint density at radius 3 is 1.84 bits per heavy atom. The second-order valence-corrected chi connectivity index (χ2v) is 8.93. The van der Waals surface area contributed by atoms with Gasteiger partial charge in [0.2, 0.25) is 5.75 Å². The molecule has 210 valence electrons. The number of carbonyl (C=O) groups excluding carboxylic acids is 3. The Labute approximate surface area is 219 Å². The SMILES string of the molecule is CCOC(=O)C(CCCNC(=O)OC(C)(C)C)(OCCc1cc(OC)c(OC)c(OC)c1)C(=O)OCC. The highest BCUT2D eigenvalue weighted by molar-refractivity contribution is 6.03. The number of ether oxygens (including phenoxy) is 7. The Balaban J connectivity index is 3.07. The van der Waals surface area contributed by atoms with Crippen molar-refractivity contribution in [2.75, 3.05) is 47.7 Å². The standard InChI is InChI=1S/C26H41NO10/c1-9-34-22(28)26(23(29)35-10-2,13-11-14-27-24(30)37-25(3,4)5)36-15-12-18-16-19(31-6)21(33-8)20(17-18)32-7/h16-17H,9-15H2,1-8H3,(H,27,30). The number of carbonyl (C=O) groups is 3. The van der Waals surface area contributed by atoms with E-state index in [-0.39, 0.29) is 39.2 Å². The van der Waals surface area contributed by atoms with Gasteiger partial charge in [-0.1, -0.05) is 0 Å². The quantitative estimate of drug-likeness (QED) is 0.157. The van der Waals surface area contributed by atoms with Gasteiger partial charge in [-0.25, -0.2) is 14.4 Å². The van der Waals surface area contributed by atoms with E-state index in [1.807, 2.05) is 0 Å². The molecule has 1 aromatic carbocycles. The summed E-state index contributed by atoms with van der Waals surface area (Å²) in [6.07, 6.45) is -0.141. The van der Waals surface area contributed by atoms with E-state index in [9.17, 15) is 14.4 Å². The number of amides is 1. The van der Waals surface area contributed by atoms with Gasteiger partial charge in [-0.2, -0.15) is 0 Å². The van der Waals surface area contributed by atoms with Gasteiger partial charge in [0.1, 0.15) is 5.60 Å². The van der Waals surface area contributed by atoms with Crippen molar-refractivity contribution in [3.8, 4) is 17.2 Å². The maximum absolute atomic E-state index is 13.0. The monoisotopic (exact) mass is 527 g/mol. The Morgan fingerprint density at radius 1 is 0.865 bits per heavy atom. The molecule has 11 heteroatoms. The molecule has 0 fully saturated rings.